The van der Waals surface area contributed by atoms with Crippen molar-refractivity contribution in [3.8, 4) is 35.0 Å². The molecule has 0 spiro atoms. The number of hydrogen-bond acceptors (Lipinski definition) is 8. The molecule has 3 heterocycles. The fourth-order valence-corrected chi connectivity index (χ4v) is 4.60. The molecule has 36 heavy (non-hydrogen) atoms. The van der Waals surface area contributed by atoms with E-state index < -0.39 is 17.4 Å². The Kier molecular flexibility index (Phi) is 7.59. The van der Waals surface area contributed by atoms with E-state index in [9.17, 15) is 9.59 Å². The van der Waals surface area contributed by atoms with E-state index in [1.54, 1.807) is 26.1 Å². The molecule has 0 radical (unpaired) electrons. The molecule has 11 heteroatoms. The lowest BCUT2D eigenvalue weighted by Gasteiger charge is -2.19. The van der Waals surface area contributed by atoms with Crippen LogP contribution in [-0.2, 0) is 17.9 Å². The maximum atomic E-state index is 13.9. The van der Waals surface area contributed by atoms with Gasteiger partial charge in [-0.25, -0.2) is 15.0 Å². The number of pyridine rings is 1. The van der Waals surface area contributed by atoms with Crippen LogP contribution in [0.2, 0.25) is 10.0 Å². The standard InChI is InChI=1S/C25H20Cl2N4O4S/c1-5-10-31-23-20(28-8-9-29-23)22(35-25(33)13(2)3)19(24(31)32)18-16(26)6-7-17(27)21(18)34-12-15-11-30-14(4)36-15/h1,6-9,11,13H,10,12H2,2-4H3. The highest BCUT2D eigenvalue weighted by Crippen LogP contribution is 2.45. The lowest BCUT2D eigenvalue weighted by molar-refractivity contribution is -0.137. The summed E-state index contributed by atoms with van der Waals surface area (Å²) >= 11 is 14.6. The predicted molar refractivity (Wildman–Crippen MR) is 140 cm³/mol. The Labute approximate surface area is 220 Å². The van der Waals surface area contributed by atoms with Gasteiger partial charge in [-0.1, -0.05) is 43.0 Å². The van der Waals surface area contributed by atoms with Gasteiger partial charge >= 0.3 is 5.97 Å². The zero-order chi connectivity index (χ0) is 26.0. The van der Waals surface area contributed by atoms with Crippen LogP contribution in [0.4, 0.5) is 0 Å². The summed E-state index contributed by atoms with van der Waals surface area (Å²) in [6.07, 6.45) is 10.1. The second-order valence-electron chi connectivity index (χ2n) is 7.97. The normalized spacial score (nSPS) is 11.0. The molecule has 0 atom stereocenters. The Morgan fingerprint density at radius 3 is 2.53 bits per heavy atom. The molecule has 4 aromatic rings. The third-order valence-corrected chi connectivity index (χ3v) is 6.59. The van der Waals surface area contributed by atoms with E-state index in [1.165, 1.54) is 34.4 Å². The van der Waals surface area contributed by atoms with Crippen molar-refractivity contribution in [3.63, 3.8) is 0 Å². The topological polar surface area (TPSA) is 96.2 Å². The summed E-state index contributed by atoms with van der Waals surface area (Å²) in [5.41, 5.74) is -0.168. The van der Waals surface area contributed by atoms with E-state index in [-0.39, 0.29) is 57.0 Å². The van der Waals surface area contributed by atoms with Gasteiger partial charge in [0.2, 0.25) is 0 Å². The van der Waals surface area contributed by atoms with Crippen molar-refractivity contribution in [2.45, 2.75) is 33.9 Å². The molecule has 0 saturated heterocycles. The number of aromatic nitrogens is 4. The van der Waals surface area contributed by atoms with Crippen LogP contribution < -0.4 is 15.0 Å². The number of aryl methyl sites for hydroxylation is 1. The van der Waals surface area contributed by atoms with Gasteiger partial charge in [-0.15, -0.1) is 17.8 Å². The Morgan fingerprint density at radius 2 is 1.86 bits per heavy atom. The van der Waals surface area contributed by atoms with E-state index in [2.05, 4.69) is 20.9 Å². The first kappa shape index (κ1) is 25.6. The van der Waals surface area contributed by atoms with E-state index >= 15 is 0 Å². The van der Waals surface area contributed by atoms with Crippen LogP contribution in [0.15, 0.2) is 35.5 Å². The summed E-state index contributed by atoms with van der Waals surface area (Å²) in [5, 5.41) is 1.24. The molecule has 0 aliphatic carbocycles. The average Bonchev–Trinajstić information content (AvgIpc) is 3.27. The molecule has 1 aromatic carbocycles. The number of carbonyl (C=O) groups is 1. The molecule has 8 nitrogen and oxygen atoms in total. The number of fused-ring (bicyclic) bond motifs is 1. The molecule has 0 saturated carbocycles. The van der Waals surface area contributed by atoms with Gasteiger partial charge in [0.1, 0.15) is 17.9 Å². The minimum atomic E-state index is -0.588. The molecule has 4 rings (SSSR count). The van der Waals surface area contributed by atoms with Gasteiger partial charge < -0.3 is 9.47 Å². The number of benzene rings is 1. The number of terminal acetylenes is 1. The zero-order valence-corrected chi connectivity index (χ0v) is 21.9. The fourth-order valence-electron chi connectivity index (χ4n) is 3.43. The summed E-state index contributed by atoms with van der Waals surface area (Å²) in [6, 6.07) is 3.09. The highest BCUT2D eigenvalue weighted by molar-refractivity contribution is 7.11. The van der Waals surface area contributed by atoms with Gasteiger partial charge in [0.15, 0.2) is 11.4 Å². The van der Waals surface area contributed by atoms with Crippen LogP contribution in [0.5, 0.6) is 11.5 Å². The van der Waals surface area contributed by atoms with Gasteiger partial charge in [-0.2, -0.15) is 0 Å². The number of carbonyl (C=O) groups excluding carboxylic acids is 1. The van der Waals surface area contributed by atoms with E-state index in [4.69, 9.17) is 39.1 Å². The van der Waals surface area contributed by atoms with Crippen molar-refractivity contribution < 1.29 is 14.3 Å². The smallest absolute Gasteiger partial charge is 0.313 e. The first-order chi connectivity index (χ1) is 17.2. The number of thiazole rings is 1. The molecule has 184 valence electrons. The summed E-state index contributed by atoms with van der Waals surface area (Å²) in [6.45, 7) is 5.26. The lowest BCUT2D eigenvalue weighted by atomic mass is 10.0. The fraction of sp³-hybridized carbons (Fsp3) is 0.240. The molecule has 0 aliphatic rings. The average molecular weight is 543 g/mol. The molecular weight excluding hydrogens is 523 g/mol. The van der Waals surface area contributed by atoms with Crippen LogP contribution >= 0.6 is 34.5 Å². The van der Waals surface area contributed by atoms with Gasteiger partial charge in [0, 0.05) is 18.6 Å². The van der Waals surface area contributed by atoms with Crippen molar-refractivity contribution in [1.82, 2.24) is 19.5 Å². The molecule has 0 bridgehead atoms. The maximum Gasteiger partial charge on any atom is 0.313 e. The molecule has 3 aromatic heterocycles. The van der Waals surface area contributed by atoms with Gasteiger partial charge in [0.05, 0.1) is 43.5 Å². The van der Waals surface area contributed by atoms with Gasteiger partial charge in [-0.3, -0.25) is 14.2 Å². The minimum Gasteiger partial charge on any atom is -0.486 e. The monoisotopic (exact) mass is 542 g/mol. The van der Waals surface area contributed by atoms with Crippen LogP contribution in [0.25, 0.3) is 22.3 Å². The van der Waals surface area contributed by atoms with Gasteiger partial charge in [0.25, 0.3) is 5.56 Å². The highest BCUT2D eigenvalue weighted by Gasteiger charge is 2.29. The van der Waals surface area contributed by atoms with Gasteiger partial charge in [-0.05, 0) is 19.1 Å². The van der Waals surface area contributed by atoms with Crippen LogP contribution in [-0.4, -0.2) is 25.5 Å². The maximum absolute atomic E-state index is 13.9. The summed E-state index contributed by atoms with van der Waals surface area (Å²) in [4.78, 5) is 40.3. The summed E-state index contributed by atoms with van der Waals surface area (Å²) in [7, 11) is 0. The first-order valence-electron chi connectivity index (χ1n) is 10.8. The second kappa shape index (κ2) is 10.7. The number of esters is 1. The number of ether oxygens (including phenoxy) is 2. The lowest BCUT2D eigenvalue weighted by Crippen LogP contribution is -2.26. The van der Waals surface area contributed by atoms with Crippen molar-refractivity contribution in [2.24, 2.45) is 5.92 Å². The van der Waals surface area contributed by atoms with E-state index in [0.29, 0.717) is 0 Å². The Morgan fingerprint density at radius 1 is 1.14 bits per heavy atom. The molecule has 0 amide bonds. The second-order valence-corrected chi connectivity index (χ2v) is 10.1. The molecular formula is C25H20Cl2N4O4S. The number of rotatable bonds is 7. The molecule has 0 unspecified atom stereocenters. The number of hydrogen-bond donors (Lipinski definition) is 0. The van der Waals surface area contributed by atoms with Crippen molar-refractivity contribution in [2.75, 3.05) is 0 Å². The summed E-state index contributed by atoms with van der Waals surface area (Å²) in [5.74, 6) is 1.44. The largest absolute Gasteiger partial charge is 0.486 e. The number of nitrogens with zero attached hydrogens (tertiary/aromatic N) is 4. The van der Waals surface area contributed by atoms with Crippen LogP contribution in [0, 0.1) is 25.2 Å². The third-order valence-electron chi connectivity index (χ3n) is 5.10. The first-order valence-corrected chi connectivity index (χ1v) is 12.3. The Bertz CT molecular complexity index is 1570. The SMILES string of the molecule is C#CCn1c(=O)c(-c2c(Cl)ccc(Cl)c2OCc2cnc(C)s2)c(OC(=O)C(C)C)c2nccnc21. The Balaban J connectivity index is 2.04. The predicted octanol–water partition coefficient (Wildman–Crippen LogP) is 5.30. The van der Waals surface area contributed by atoms with E-state index in [1.807, 2.05) is 6.92 Å². The number of halogens is 2. The van der Waals surface area contributed by atoms with E-state index in [0.717, 1.165) is 9.88 Å². The third kappa shape index (κ3) is 4.93. The van der Waals surface area contributed by atoms with Crippen LogP contribution in [0.3, 0.4) is 0 Å². The Hall–Kier alpha value is -3.45. The molecule has 0 fully saturated rings. The highest BCUT2D eigenvalue weighted by atomic mass is 35.5. The molecule has 0 N–H and O–H groups in total. The molecule has 0 aliphatic heterocycles. The quantitative estimate of drug-likeness (QED) is 0.231. The summed E-state index contributed by atoms with van der Waals surface area (Å²) < 4.78 is 13.1. The van der Waals surface area contributed by atoms with Crippen molar-refractivity contribution in [3.05, 3.63) is 61.0 Å². The zero-order valence-electron chi connectivity index (χ0n) is 19.5. The van der Waals surface area contributed by atoms with Crippen molar-refractivity contribution in [1.29, 1.82) is 0 Å². The van der Waals surface area contributed by atoms with Crippen molar-refractivity contribution >= 4 is 51.7 Å². The minimum absolute atomic E-state index is 0.0600. The van der Waals surface area contributed by atoms with Crippen LogP contribution in [0.1, 0.15) is 23.7 Å².